The lowest BCUT2D eigenvalue weighted by molar-refractivity contribution is 0.498. The predicted molar refractivity (Wildman–Crippen MR) is 75.4 cm³/mol. The zero-order chi connectivity index (χ0) is 14.0. The molecule has 106 valence electrons. The largest absolute Gasteiger partial charge is 0.382 e. The van der Waals surface area contributed by atoms with Crippen LogP contribution in [-0.2, 0) is 10.0 Å². The number of pyridine rings is 1. The van der Waals surface area contributed by atoms with Crippen molar-refractivity contribution in [1.82, 2.24) is 9.71 Å². The molecule has 1 heterocycles. The van der Waals surface area contributed by atoms with Crippen molar-refractivity contribution in [2.24, 2.45) is 11.8 Å². The van der Waals surface area contributed by atoms with E-state index < -0.39 is 10.0 Å². The van der Waals surface area contributed by atoms with Gasteiger partial charge in [0.1, 0.15) is 10.7 Å². The van der Waals surface area contributed by atoms with Crippen LogP contribution in [0.25, 0.3) is 0 Å². The van der Waals surface area contributed by atoms with Gasteiger partial charge < -0.3 is 5.73 Å². The molecule has 1 aromatic rings. The first kappa shape index (κ1) is 14.6. The molecule has 0 spiro atoms. The van der Waals surface area contributed by atoms with Crippen LogP contribution in [0.4, 0.5) is 5.82 Å². The lowest BCUT2D eigenvalue weighted by Crippen LogP contribution is -2.28. The van der Waals surface area contributed by atoms with Crippen molar-refractivity contribution in [2.45, 2.75) is 31.1 Å². The summed E-state index contributed by atoms with van der Waals surface area (Å²) < 4.78 is 26.8. The molecule has 0 aliphatic heterocycles. The maximum Gasteiger partial charge on any atom is 0.242 e. The molecule has 1 aliphatic carbocycles. The van der Waals surface area contributed by atoms with Gasteiger partial charge in [-0.2, -0.15) is 0 Å². The third kappa shape index (κ3) is 3.58. The van der Waals surface area contributed by atoms with E-state index in [9.17, 15) is 8.42 Å². The van der Waals surface area contributed by atoms with Gasteiger partial charge in [-0.3, -0.25) is 0 Å². The van der Waals surface area contributed by atoms with Crippen molar-refractivity contribution in [3.8, 4) is 0 Å². The number of sulfonamides is 1. The van der Waals surface area contributed by atoms with Crippen molar-refractivity contribution in [2.75, 3.05) is 12.3 Å². The van der Waals surface area contributed by atoms with Crippen LogP contribution in [0.3, 0.4) is 0 Å². The standard InChI is InChI=1S/C12H18ClN3O2S/c1-8-2-3-9(4-8)6-16-19(17,18)10-5-11(13)12(14)15-7-10/h5,7-9,16H,2-4,6H2,1H3,(H2,14,15). The van der Waals surface area contributed by atoms with Crippen molar-refractivity contribution < 1.29 is 8.42 Å². The van der Waals surface area contributed by atoms with Crippen LogP contribution in [0.5, 0.6) is 0 Å². The Balaban J connectivity index is 2.03. The van der Waals surface area contributed by atoms with Crippen LogP contribution in [0.1, 0.15) is 26.2 Å². The van der Waals surface area contributed by atoms with Gasteiger partial charge >= 0.3 is 0 Å². The average molecular weight is 304 g/mol. The van der Waals surface area contributed by atoms with Crippen LogP contribution >= 0.6 is 11.6 Å². The number of nitrogens with zero attached hydrogens (tertiary/aromatic N) is 1. The maximum absolute atomic E-state index is 12.1. The highest BCUT2D eigenvalue weighted by molar-refractivity contribution is 7.89. The van der Waals surface area contributed by atoms with Crippen molar-refractivity contribution in [3.05, 3.63) is 17.3 Å². The number of rotatable bonds is 4. The molecular formula is C12H18ClN3O2S. The molecule has 0 amide bonds. The number of halogens is 1. The Labute approximate surface area is 118 Å². The Kier molecular flexibility index (Phi) is 4.32. The fourth-order valence-electron chi connectivity index (χ4n) is 2.40. The second-order valence-corrected chi connectivity index (χ2v) is 7.35. The Bertz CT molecular complexity index is 562. The van der Waals surface area contributed by atoms with Crippen molar-refractivity contribution in [3.63, 3.8) is 0 Å². The second kappa shape index (κ2) is 5.64. The summed E-state index contributed by atoms with van der Waals surface area (Å²) in [6.07, 6.45) is 4.54. The summed E-state index contributed by atoms with van der Waals surface area (Å²) in [5, 5.41) is 0.150. The number of aromatic nitrogens is 1. The summed E-state index contributed by atoms with van der Waals surface area (Å²) in [6, 6.07) is 1.32. The lowest BCUT2D eigenvalue weighted by atomic mass is 10.1. The highest BCUT2D eigenvalue weighted by Gasteiger charge is 2.24. The van der Waals surface area contributed by atoms with E-state index >= 15 is 0 Å². The van der Waals surface area contributed by atoms with Gasteiger partial charge in [0, 0.05) is 12.7 Å². The molecule has 2 atom stereocenters. The number of hydrogen-bond donors (Lipinski definition) is 2. The molecule has 1 saturated carbocycles. The van der Waals surface area contributed by atoms with Gasteiger partial charge in [0.15, 0.2) is 0 Å². The Morgan fingerprint density at radius 2 is 2.26 bits per heavy atom. The smallest absolute Gasteiger partial charge is 0.242 e. The highest BCUT2D eigenvalue weighted by Crippen LogP contribution is 2.30. The minimum absolute atomic E-state index is 0.0535. The number of nitrogens with two attached hydrogens (primary N) is 1. The first-order valence-corrected chi connectivity index (χ1v) is 8.15. The third-order valence-electron chi connectivity index (χ3n) is 3.52. The monoisotopic (exact) mass is 303 g/mol. The molecule has 1 aliphatic rings. The summed E-state index contributed by atoms with van der Waals surface area (Å²) in [4.78, 5) is 3.82. The third-order valence-corrected chi connectivity index (χ3v) is 5.21. The molecule has 5 nitrogen and oxygen atoms in total. The van der Waals surface area contributed by atoms with Gasteiger partial charge in [0.05, 0.1) is 5.02 Å². The molecule has 1 fully saturated rings. The molecule has 2 unspecified atom stereocenters. The minimum atomic E-state index is -3.56. The quantitative estimate of drug-likeness (QED) is 0.891. The maximum atomic E-state index is 12.1. The summed E-state index contributed by atoms with van der Waals surface area (Å²) in [5.74, 6) is 1.23. The Morgan fingerprint density at radius 3 is 2.84 bits per heavy atom. The van der Waals surface area contributed by atoms with E-state index in [2.05, 4.69) is 16.6 Å². The summed E-state index contributed by atoms with van der Waals surface area (Å²) in [6.45, 7) is 2.66. The van der Waals surface area contributed by atoms with E-state index in [0.29, 0.717) is 18.4 Å². The summed E-state index contributed by atoms with van der Waals surface area (Å²) >= 11 is 5.79. The van der Waals surface area contributed by atoms with Crippen molar-refractivity contribution in [1.29, 1.82) is 0 Å². The predicted octanol–water partition coefficient (Wildman–Crippen LogP) is 2.03. The summed E-state index contributed by atoms with van der Waals surface area (Å²) in [7, 11) is -3.56. The average Bonchev–Trinajstić information content (AvgIpc) is 2.76. The first-order chi connectivity index (χ1) is 8.88. The Morgan fingerprint density at radius 1 is 1.53 bits per heavy atom. The molecular weight excluding hydrogens is 286 g/mol. The zero-order valence-corrected chi connectivity index (χ0v) is 12.3. The molecule has 0 saturated heterocycles. The fraction of sp³-hybridized carbons (Fsp3) is 0.583. The van der Waals surface area contributed by atoms with E-state index in [4.69, 9.17) is 17.3 Å². The first-order valence-electron chi connectivity index (χ1n) is 6.29. The van der Waals surface area contributed by atoms with Crippen LogP contribution < -0.4 is 10.5 Å². The van der Waals surface area contributed by atoms with Crippen LogP contribution in [0, 0.1) is 11.8 Å². The normalized spacial score (nSPS) is 23.7. The number of nitrogens with one attached hydrogen (secondary N) is 1. The van der Waals surface area contributed by atoms with Crippen molar-refractivity contribution >= 4 is 27.4 Å². The molecule has 3 N–H and O–H groups in total. The van der Waals surface area contributed by atoms with Crippen LogP contribution in [0.15, 0.2) is 17.2 Å². The van der Waals surface area contributed by atoms with Crippen LogP contribution in [-0.4, -0.2) is 19.9 Å². The van der Waals surface area contributed by atoms with Gasteiger partial charge in [-0.1, -0.05) is 24.9 Å². The second-order valence-electron chi connectivity index (χ2n) is 5.17. The van der Waals surface area contributed by atoms with Gasteiger partial charge in [-0.25, -0.2) is 18.1 Å². The fourth-order valence-corrected chi connectivity index (χ4v) is 3.72. The van der Waals surface area contributed by atoms with Gasteiger partial charge in [0.25, 0.3) is 0 Å². The highest BCUT2D eigenvalue weighted by atomic mass is 35.5. The SMILES string of the molecule is CC1CCC(CNS(=O)(=O)c2cnc(N)c(Cl)c2)C1. The summed E-state index contributed by atoms with van der Waals surface area (Å²) in [5.41, 5.74) is 5.46. The molecule has 2 rings (SSSR count). The topological polar surface area (TPSA) is 85.1 Å². The van der Waals surface area contributed by atoms with Gasteiger partial charge in [-0.05, 0) is 30.7 Å². The number of hydrogen-bond acceptors (Lipinski definition) is 4. The molecule has 0 radical (unpaired) electrons. The minimum Gasteiger partial charge on any atom is -0.382 e. The Hall–Kier alpha value is -0.850. The van der Waals surface area contributed by atoms with Gasteiger partial charge in [-0.15, -0.1) is 0 Å². The molecule has 1 aromatic heterocycles. The zero-order valence-electron chi connectivity index (χ0n) is 10.8. The number of nitrogen functional groups attached to an aromatic ring is 1. The van der Waals surface area contributed by atoms with Crippen LogP contribution in [0.2, 0.25) is 5.02 Å². The molecule has 19 heavy (non-hydrogen) atoms. The lowest BCUT2D eigenvalue weighted by Gasteiger charge is -2.12. The van der Waals surface area contributed by atoms with E-state index in [0.717, 1.165) is 12.8 Å². The van der Waals surface area contributed by atoms with E-state index in [1.165, 1.54) is 18.7 Å². The molecule has 7 heteroatoms. The van der Waals surface area contributed by atoms with Gasteiger partial charge in [0.2, 0.25) is 10.0 Å². The van der Waals surface area contributed by atoms with E-state index in [-0.39, 0.29) is 15.7 Å². The molecule has 0 bridgehead atoms. The molecule has 0 aromatic carbocycles. The van der Waals surface area contributed by atoms with E-state index in [1.807, 2.05) is 0 Å². The van der Waals surface area contributed by atoms with E-state index in [1.54, 1.807) is 0 Å². The number of anilines is 1.